The van der Waals surface area contributed by atoms with Gasteiger partial charge >= 0.3 is 0 Å². The van der Waals surface area contributed by atoms with Crippen LogP contribution in [0.25, 0.3) is 22.2 Å². The highest BCUT2D eigenvalue weighted by molar-refractivity contribution is 7.99. The van der Waals surface area contributed by atoms with Gasteiger partial charge in [-0.25, -0.2) is 4.98 Å². The first-order chi connectivity index (χ1) is 9.83. The number of benzene rings is 1. The first-order valence-corrected chi connectivity index (χ1v) is 7.40. The Labute approximate surface area is 119 Å². The lowest BCUT2D eigenvalue weighted by Gasteiger charge is -2.07. The van der Waals surface area contributed by atoms with E-state index in [1.165, 1.54) is 0 Å². The van der Waals surface area contributed by atoms with Gasteiger partial charge in [-0.05, 0) is 11.6 Å². The summed E-state index contributed by atoms with van der Waals surface area (Å²) in [4.78, 5) is 20.8. The van der Waals surface area contributed by atoms with Crippen LogP contribution in [0.1, 0.15) is 0 Å². The van der Waals surface area contributed by atoms with Crippen molar-refractivity contribution in [1.82, 2.24) is 14.5 Å². The summed E-state index contributed by atoms with van der Waals surface area (Å²) in [6.45, 7) is 0.863. The lowest BCUT2D eigenvalue weighted by molar-refractivity contribution is 0.700. The highest BCUT2D eigenvalue weighted by Crippen LogP contribution is 2.27. The van der Waals surface area contributed by atoms with Crippen LogP contribution in [0.4, 0.5) is 0 Å². The fourth-order valence-electron chi connectivity index (χ4n) is 2.46. The first-order valence-electron chi connectivity index (χ1n) is 6.42. The Hall–Kier alpha value is -2.14. The smallest absolute Gasteiger partial charge is 0.283 e. The van der Waals surface area contributed by atoms with E-state index in [1.807, 2.05) is 47.2 Å². The van der Waals surface area contributed by atoms with E-state index < -0.39 is 0 Å². The maximum absolute atomic E-state index is 12.1. The Kier molecular flexibility index (Phi) is 2.60. The number of fused-ring (bicyclic) bond motifs is 3. The summed E-state index contributed by atoms with van der Waals surface area (Å²) < 4.78 is 2.02. The summed E-state index contributed by atoms with van der Waals surface area (Å²) in [5, 5.41) is 1.38. The van der Waals surface area contributed by atoms with E-state index in [-0.39, 0.29) is 5.56 Å². The van der Waals surface area contributed by atoms with Crippen LogP contribution in [0.2, 0.25) is 0 Å². The molecule has 3 heterocycles. The molecule has 1 aliphatic rings. The first kappa shape index (κ1) is 11.7. The number of hydrogen-bond acceptors (Lipinski definition) is 4. The topological polar surface area (TPSA) is 47.8 Å². The third-order valence-corrected chi connectivity index (χ3v) is 4.39. The number of hydrogen-bond donors (Lipinski definition) is 0. The van der Waals surface area contributed by atoms with Crippen molar-refractivity contribution in [3.8, 4) is 11.1 Å². The van der Waals surface area contributed by atoms with Crippen LogP contribution in [0.5, 0.6) is 0 Å². The zero-order chi connectivity index (χ0) is 13.5. The van der Waals surface area contributed by atoms with Crippen LogP contribution in [-0.2, 0) is 6.54 Å². The minimum atomic E-state index is -0.189. The zero-order valence-corrected chi connectivity index (χ0v) is 11.4. The van der Waals surface area contributed by atoms with Crippen molar-refractivity contribution in [3.05, 3.63) is 52.9 Å². The van der Waals surface area contributed by atoms with Crippen LogP contribution in [0.15, 0.2) is 52.5 Å². The highest BCUT2D eigenvalue weighted by atomic mass is 32.2. The lowest BCUT2D eigenvalue weighted by Crippen LogP contribution is -2.14. The average Bonchev–Trinajstić information content (AvgIpc) is 2.96. The Morgan fingerprint density at radius 2 is 2.00 bits per heavy atom. The van der Waals surface area contributed by atoms with E-state index in [0.717, 1.165) is 34.2 Å². The third-order valence-electron chi connectivity index (χ3n) is 3.43. The second-order valence-corrected chi connectivity index (χ2v) is 5.72. The molecule has 0 N–H and O–H groups in total. The predicted molar refractivity (Wildman–Crippen MR) is 80.0 cm³/mol. The predicted octanol–water partition coefficient (Wildman–Crippen LogP) is 2.56. The van der Waals surface area contributed by atoms with Crippen LogP contribution in [-0.4, -0.2) is 20.3 Å². The molecule has 5 heteroatoms. The van der Waals surface area contributed by atoms with E-state index >= 15 is 0 Å². The van der Waals surface area contributed by atoms with Gasteiger partial charge in [-0.15, -0.1) is 0 Å². The number of aromatic nitrogens is 3. The molecule has 0 fully saturated rings. The number of thioether (sulfide) groups is 1. The molecule has 2 aromatic heterocycles. The van der Waals surface area contributed by atoms with Gasteiger partial charge in [0, 0.05) is 24.1 Å². The van der Waals surface area contributed by atoms with Crippen molar-refractivity contribution in [2.75, 3.05) is 5.75 Å². The molecular weight excluding hydrogens is 270 g/mol. The van der Waals surface area contributed by atoms with Crippen molar-refractivity contribution in [2.24, 2.45) is 0 Å². The molecule has 0 saturated carbocycles. The molecule has 1 aromatic carbocycles. The van der Waals surface area contributed by atoms with Gasteiger partial charge in [-0.1, -0.05) is 42.1 Å². The molecule has 0 atom stereocenters. The van der Waals surface area contributed by atoms with Gasteiger partial charge in [0.25, 0.3) is 5.56 Å². The Bertz CT molecular complexity index is 858. The third kappa shape index (κ3) is 1.74. The van der Waals surface area contributed by atoms with Gasteiger partial charge in [0.2, 0.25) is 0 Å². The molecule has 0 saturated heterocycles. The van der Waals surface area contributed by atoms with Crippen LogP contribution >= 0.6 is 11.8 Å². The number of nitrogens with zero attached hydrogens (tertiary/aromatic N) is 3. The maximum Gasteiger partial charge on any atom is 0.283 e. The minimum absolute atomic E-state index is 0.189. The lowest BCUT2D eigenvalue weighted by atomic mass is 10.1. The number of aryl methyl sites for hydroxylation is 1. The van der Waals surface area contributed by atoms with Gasteiger partial charge in [0.1, 0.15) is 5.65 Å². The van der Waals surface area contributed by atoms with E-state index in [2.05, 4.69) is 9.97 Å². The fourth-order valence-corrected chi connectivity index (χ4v) is 3.39. The average molecular weight is 281 g/mol. The van der Waals surface area contributed by atoms with Crippen LogP contribution in [0.3, 0.4) is 0 Å². The van der Waals surface area contributed by atoms with Crippen molar-refractivity contribution in [1.29, 1.82) is 0 Å². The molecular formula is C15H11N3OS. The van der Waals surface area contributed by atoms with Crippen molar-refractivity contribution >= 4 is 22.8 Å². The van der Waals surface area contributed by atoms with Gasteiger partial charge < -0.3 is 4.57 Å². The summed E-state index contributed by atoms with van der Waals surface area (Å²) in [6, 6.07) is 11.8. The van der Waals surface area contributed by atoms with Gasteiger partial charge in [-0.3, -0.25) is 4.79 Å². The largest absolute Gasteiger partial charge is 0.304 e. The van der Waals surface area contributed by atoms with E-state index in [9.17, 15) is 4.79 Å². The second kappa shape index (κ2) is 4.45. The molecule has 4 rings (SSSR count). The van der Waals surface area contributed by atoms with Gasteiger partial charge in [0.15, 0.2) is 5.16 Å². The quantitative estimate of drug-likeness (QED) is 0.643. The summed E-state index contributed by atoms with van der Waals surface area (Å²) in [5.74, 6) is 0.952. The van der Waals surface area contributed by atoms with Crippen molar-refractivity contribution in [3.63, 3.8) is 0 Å². The summed E-state index contributed by atoms with van der Waals surface area (Å²) in [6.07, 6.45) is 1.83. The summed E-state index contributed by atoms with van der Waals surface area (Å²) >= 11 is 1.61. The molecule has 0 radical (unpaired) electrons. The highest BCUT2D eigenvalue weighted by Gasteiger charge is 2.17. The Balaban J connectivity index is 1.99. The molecule has 0 aliphatic carbocycles. The Morgan fingerprint density at radius 1 is 1.15 bits per heavy atom. The summed E-state index contributed by atoms with van der Waals surface area (Å²) in [5.41, 5.74) is 2.56. The molecule has 20 heavy (non-hydrogen) atoms. The van der Waals surface area contributed by atoms with Crippen LogP contribution in [0, 0.1) is 0 Å². The molecule has 4 nitrogen and oxygen atoms in total. The summed E-state index contributed by atoms with van der Waals surface area (Å²) in [7, 11) is 0. The molecule has 3 aromatic rings. The fraction of sp³-hybridized carbons (Fsp3) is 0.133. The zero-order valence-electron chi connectivity index (χ0n) is 10.6. The van der Waals surface area contributed by atoms with E-state index in [0.29, 0.717) is 5.39 Å². The van der Waals surface area contributed by atoms with Crippen LogP contribution < -0.4 is 5.56 Å². The van der Waals surface area contributed by atoms with E-state index in [4.69, 9.17) is 0 Å². The van der Waals surface area contributed by atoms with Crippen molar-refractivity contribution < 1.29 is 0 Å². The number of rotatable bonds is 1. The molecule has 0 spiro atoms. The van der Waals surface area contributed by atoms with Gasteiger partial charge in [-0.2, -0.15) is 4.98 Å². The molecule has 0 bridgehead atoms. The molecule has 98 valence electrons. The normalized spacial score (nSPS) is 13.6. The Morgan fingerprint density at radius 3 is 2.85 bits per heavy atom. The molecule has 0 amide bonds. The van der Waals surface area contributed by atoms with Gasteiger partial charge in [0.05, 0.1) is 5.39 Å². The second-order valence-electron chi connectivity index (χ2n) is 4.66. The minimum Gasteiger partial charge on any atom is -0.304 e. The monoisotopic (exact) mass is 281 g/mol. The molecule has 1 aliphatic heterocycles. The number of pyridine rings is 1. The van der Waals surface area contributed by atoms with Crippen molar-refractivity contribution in [2.45, 2.75) is 11.7 Å². The standard InChI is InChI=1S/C15H11N3OS/c19-14-12-8-11(10-4-2-1-3-5-10)9-16-13(12)18-6-7-20-15(18)17-14/h1-5,8-9H,6-7H2. The SMILES string of the molecule is O=c1nc2n(c3ncc(-c4ccccc4)cc13)CCS2. The maximum atomic E-state index is 12.1. The van der Waals surface area contributed by atoms with E-state index in [1.54, 1.807) is 11.8 Å². The molecule has 0 unspecified atom stereocenters.